The van der Waals surface area contributed by atoms with E-state index >= 15 is 0 Å². The van der Waals surface area contributed by atoms with Crippen molar-refractivity contribution >= 4 is 23.8 Å². The number of benzene rings is 2. The van der Waals surface area contributed by atoms with Gasteiger partial charge in [-0.15, -0.1) is 0 Å². The molecule has 2 atom stereocenters. The van der Waals surface area contributed by atoms with Gasteiger partial charge in [-0.3, -0.25) is 9.59 Å². The maximum absolute atomic E-state index is 12.7. The molecule has 12 heteroatoms. The van der Waals surface area contributed by atoms with Crippen LogP contribution in [0.5, 0.6) is 0 Å². The average molecular weight is 559 g/mol. The van der Waals surface area contributed by atoms with Crippen LogP contribution in [0.1, 0.15) is 23.2 Å². The molecule has 0 bridgehead atoms. The van der Waals surface area contributed by atoms with Crippen molar-refractivity contribution in [2.75, 3.05) is 66.1 Å². The first-order chi connectivity index (χ1) is 19.5. The minimum Gasteiger partial charge on any atom is -0.461 e. The Labute approximate surface area is 232 Å². The first kappa shape index (κ1) is 30.7. The summed E-state index contributed by atoms with van der Waals surface area (Å²) in [5.41, 5.74) is 1.03. The van der Waals surface area contributed by atoms with Crippen LogP contribution in [0.15, 0.2) is 60.7 Å². The molecule has 0 unspecified atom stereocenters. The van der Waals surface area contributed by atoms with Gasteiger partial charge >= 0.3 is 11.9 Å². The number of ether oxygens (including phenoxy) is 6. The average Bonchev–Trinajstić information content (AvgIpc) is 2.97. The molecule has 12 nitrogen and oxygen atoms in total. The first-order valence-corrected chi connectivity index (χ1v) is 12.9. The molecule has 0 spiro atoms. The summed E-state index contributed by atoms with van der Waals surface area (Å²) in [6.45, 7) is 0.453. The van der Waals surface area contributed by atoms with E-state index in [1.165, 1.54) is 0 Å². The second-order valence-corrected chi connectivity index (χ2v) is 8.49. The highest BCUT2D eigenvalue weighted by Crippen LogP contribution is 2.16. The van der Waals surface area contributed by atoms with Crippen molar-refractivity contribution < 1.29 is 47.6 Å². The summed E-state index contributed by atoms with van der Waals surface area (Å²) >= 11 is 0. The van der Waals surface area contributed by atoms with Crippen LogP contribution in [0.3, 0.4) is 0 Å². The van der Waals surface area contributed by atoms with E-state index in [1.807, 2.05) is 0 Å². The lowest BCUT2D eigenvalue weighted by atomic mass is 10.1. The number of carbonyl (C=O) groups excluding carboxylic acids is 4. The molecule has 1 aliphatic heterocycles. The highest BCUT2D eigenvalue weighted by molar-refractivity contribution is 5.87. The number of rotatable bonds is 2. The Bertz CT molecular complexity index is 984. The maximum atomic E-state index is 12.7. The van der Waals surface area contributed by atoms with E-state index in [9.17, 15) is 19.2 Å². The summed E-state index contributed by atoms with van der Waals surface area (Å²) < 4.78 is 32.1. The van der Waals surface area contributed by atoms with Crippen molar-refractivity contribution in [3.05, 3.63) is 71.8 Å². The molecule has 1 aliphatic rings. The molecule has 216 valence electrons. The minimum atomic E-state index is -1.09. The van der Waals surface area contributed by atoms with Gasteiger partial charge in [-0.25, -0.2) is 9.59 Å². The van der Waals surface area contributed by atoms with Crippen LogP contribution in [0.4, 0.5) is 0 Å². The number of amides is 2. The molecular weight excluding hydrogens is 524 g/mol. The molecule has 40 heavy (non-hydrogen) atoms. The van der Waals surface area contributed by atoms with Gasteiger partial charge in [-0.2, -0.15) is 0 Å². The molecule has 2 amide bonds. The molecule has 3 rings (SSSR count). The third-order valence-electron chi connectivity index (χ3n) is 5.50. The van der Waals surface area contributed by atoms with E-state index in [-0.39, 0.29) is 39.6 Å². The maximum Gasteiger partial charge on any atom is 0.333 e. The van der Waals surface area contributed by atoms with Gasteiger partial charge in [0.05, 0.1) is 39.6 Å². The van der Waals surface area contributed by atoms with Gasteiger partial charge in [0.15, 0.2) is 12.1 Å². The van der Waals surface area contributed by atoms with Crippen molar-refractivity contribution in [1.29, 1.82) is 0 Å². The van der Waals surface area contributed by atoms with Gasteiger partial charge < -0.3 is 39.1 Å². The van der Waals surface area contributed by atoms with Crippen molar-refractivity contribution in [1.82, 2.24) is 10.6 Å². The van der Waals surface area contributed by atoms with Crippen molar-refractivity contribution in [3.63, 3.8) is 0 Å². The number of hydrogen-bond acceptors (Lipinski definition) is 10. The highest BCUT2D eigenvalue weighted by Gasteiger charge is 2.26. The number of hydrogen-bond donors (Lipinski definition) is 2. The summed E-state index contributed by atoms with van der Waals surface area (Å²) in [5, 5.41) is 5.15. The van der Waals surface area contributed by atoms with Gasteiger partial charge in [-0.1, -0.05) is 60.7 Å². The van der Waals surface area contributed by atoms with Crippen molar-refractivity contribution in [3.8, 4) is 0 Å². The van der Waals surface area contributed by atoms with Crippen LogP contribution < -0.4 is 10.6 Å². The smallest absolute Gasteiger partial charge is 0.333 e. The van der Waals surface area contributed by atoms with Crippen molar-refractivity contribution in [2.45, 2.75) is 12.1 Å². The summed E-state index contributed by atoms with van der Waals surface area (Å²) in [6, 6.07) is 15.0. The van der Waals surface area contributed by atoms with Crippen molar-refractivity contribution in [2.24, 2.45) is 0 Å². The zero-order valence-corrected chi connectivity index (χ0v) is 22.1. The van der Waals surface area contributed by atoms with Crippen LogP contribution in [0.25, 0.3) is 0 Å². The van der Waals surface area contributed by atoms with E-state index in [2.05, 4.69) is 10.6 Å². The monoisotopic (exact) mass is 558 g/mol. The SMILES string of the molecule is O=C1COCC(=O)N[C@H](c2ccccc2)C(=O)OCCOCCOCCOCCOC(=O)[C@H](c2ccccc2)N1. The normalized spacial score (nSPS) is 22.1. The minimum absolute atomic E-state index is 0.0148. The third kappa shape index (κ3) is 11.1. The molecule has 0 saturated carbocycles. The quantitative estimate of drug-likeness (QED) is 0.509. The summed E-state index contributed by atoms with van der Waals surface area (Å²) in [7, 11) is 0. The fraction of sp³-hybridized carbons (Fsp3) is 0.429. The van der Waals surface area contributed by atoms with Gasteiger partial charge in [-0.05, 0) is 11.1 Å². The van der Waals surface area contributed by atoms with Gasteiger partial charge in [0.1, 0.15) is 26.4 Å². The predicted octanol–water partition coefficient (Wildman–Crippen LogP) is 0.868. The standard InChI is InChI=1S/C28H34N2O10/c31-23-19-38-20-24(32)30-26(22-9-5-2-6-10-22)28(34)40-18-16-37-14-12-35-11-13-36-15-17-39-27(33)25(29-23)21-7-3-1-4-8-21/h1-10,25-26H,11-20H2,(H,29,31)(H,30,32)/t25-,26+. The number of carbonyl (C=O) groups is 4. The zero-order valence-electron chi connectivity index (χ0n) is 22.1. The molecule has 1 heterocycles. The second-order valence-electron chi connectivity index (χ2n) is 8.49. The fourth-order valence-corrected chi connectivity index (χ4v) is 3.60. The lowest BCUT2D eigenvalue weighted by Crippen LogP contribution is -2.39. The highest BCUT2D eigenvalue weighted by atomic mass is 16.6. The third-order valence-corrected chi connectivity index (χ3v) is 5.50. The molecule has 1 fully saturated rings. The van der Waals surface area contributed by atoms with E-state index in [0.29, 0.717) is 24.3 Å². The predicted molar refractivity (Wildman–Crippen MR) is 140 cm³/mol. The molecule has 2 aromatic carbocycles. The largest absolute Gasteiger partial charge is 0.461 e. The summed E-state index contributed by atoms with van der Waals surface area (Å²) in [5.74, 6) is -2.62. The summed E-state index contributed by atoms with van der Waals surface area (Å²) in [4.78, 5) is 50.6. The Balaban J connectivity index is 1.64. The van der Waals surface area contributed by atoms with Gasteiger partial charge in [0.2, 0.25) is 11.8 Å². The Morgan fingerprint density at radius 1 is 0.475 bits per heavy atom. The Morgan fingerprint density at radius 2 is 0.825 bits per heavy atom. The van der Waals surface area contributed by atoms with E-state index in [4.69, 9.17) is 28.4 Å². The Hall–Kier alpha value is -3.84. The molecule has 0 radical (unpaired) electrons. The van der Waals surface area contributed by atoms with Crippen LogP contribution >= 0.6 is 0 Å². The zero-order chi connectivity index (χ0) is 28.4. The van der Waals surface area contributed by atoms with Crippen LogP contribution in [0.2, 0.25) is 0 Å². The first-order valence-electron chi connectivity index (χ1n) is 12.9. The van der Waals surface area contributed by atoms with Crippen LogP contribution in [-0.4, -0.2) is 89.8 Å². The summed E-state index contributed by atoms with van der Waals surface area (Å²) in [6.07, 6.45) is 0. The second kappa shape index (κ2) is 17.7. The van der Waals surface area contributed by atoms with Gasteiger partial charge in [0, 0.05) is 0 Å². The lowest BCUT2D eigenvalue weighted by Gasteiger charge is -2.19. The van der Waals surface area contributed by atoms with Crippen LogP contribution in [-0.2, 0) is 47.6 Å². The number of nitrogens with one attached hydrogen (secondary N) is 2. The van der Waals surface area contributed by atoms with E-state index in [1.54, 1.807) is 60.7 Å². The van der Waals surface area contributed by atoms with Gasteiger partial charge in [0.25, 0.3) is 0 Å². The lowest BCUT2D eigenvalue weighted by molar-refractivity contribution is -0.151. The Morgan fingerprint density at radius 3 is 1.20 bits per heavy atom. The molecule has 2 N–H and O–H groups in total. The molecule has 2 aromatic rings. The number of esters is 2. The van der Waals surface area contributed by atoms with E-state index < -0.39 is 49.1 Å². The molecule has 0 aromatic heterocycles. The van der Waals surface area contributed by atoms with E-state index in [0.717, 1.165) is 0 Å². The van der Waals surface area contributed by atoms with Crippen LogP contribution in [0, 0.1) is 0 Å². The Kier molecular flexibility index (Phi) is 13.6. The molecule has 0 aliphatic carbocycles. The number of cyclic esters (lactones) is 2. The molecule has 1 saturated heterocycles. The fourth-order valence-electron chi connectivity index (χ4n) is 3.60. The molecular formula is C28H34N2O10. The topological polar surface area (TPSA) is 148 Å².